The van der Waals surface area contributed by atoms with Crippen LogP contribution in [0.5, 0.6) is 0 Å². The number of oxazole rings is 1. The second-order valence-electron chi connectivity index (χ2n) is 3.79. The number of carboxylic acids is 1. The normalized spacial score (nSPS) is 15.2. The van der Waals surface area contributed by atoms with Gasteiger partial charge in [0.05, 0.1) is 12.0 Å². The van der Waals surface area contributed by atoms with Crippen LogP contribution in [0.25, 0.3) is 11.7 Å². The third-order valence-corrected chi connectivity index (χ3v) is 2.54. The molecule has 82 valence electrons. The molecule has 2 heterocycles. The molecule has 0 aliphatic heterocycles. The lowest BCUT2D eigenvalue weighted by atomic mass is 10.2. The van der Waals surface area contributed by atoms with Gasteiger partial charge in [0.15, 0.2) is 5.76 Å². The molecule has 0 unspecified atom stereocenters. The van der Waals surface area contributed by atoms with Crippen molar-refractivity contribution in [1.29, 1.82) is 0 Å². The van der Waals surface area contributed by atoms with Gasteiger partial charge in [0.25, 0.3) is 5.89 Å². The summed E-state index contributed by atoms with van der Waals surface area (Å²) in [6.45, 7) is 0. The molecule has 0 bridgehead atoms. The number of aromatic nitrogens is 1. The van der Waals surface area contributed by atoms with Crippen LogP contribution in [0, 0.1) is 0 Å². The molecule has 1 fully saturated rings. The van der Waals surface area contributed by atoms with Crippen LogP contribution in [0.2, 0.25) is 0 Å². The van der Waals surface area contributed by atoms with Gasteiger partial charge in [0.1, 0.15) is 0 Å². The monoisotopic (exact) mass is 219 g/mol. The number of nitrogens with zero attached hydrogens (tertiary/aromatic N) is 1. The lowest BCUT2D eigenvalue weighted by Gasteiger charge is -1.89. The van der Waals surface area contributed by atoms with Crippen LogP contribution < -0.4 is 0 Å². The van der Waals surface area contributed by atoms with Gasteiger partial charge >= 0.3 is 5.97 Å². The van der Waals surface area contributed by atoms with Gasteiger partial charge in [-0.15, -0.1) is 0 Å². The summed E-state index contributed by atoms with van der Waals surface area (Å²) in [6, 6.07) is 3.39. The van der Waals surface area contributed by atoms with Crippen molar-refractivity contribution >= 4 is 5.97 Å². The van der Waals surface area contributed by atoms with Gasteiger partial charge in [-0.05, 0) is 25.0 Å². The number of hydrogen-bond acceptors (Lipinski definition) is 4. The zero-order chi connectivity index (χ0) is 11.1. The Kier molecular flexibility index (Phi) is 1.86. The van der Waals surface area contributed by atoms with Crippen molar-refractivity contribution in [3.63, 3.8) is 0 Å². The van der Waals surface area contributed by atoms with Gasteiger partial charge in [-0.3, -0.25) is 0 Å². The maximum Gasteiger partial charge on any atom is 0.373 e. The van der Waals surface area contributed by atoms with Crippen molar-refractivity contribution in [1.82, 2.24) is 4.98 Å². The summed E-state index contributed by atoms with van der Waals surface area (Å²) in [7, 11) is 0. The molecule has 5 nitrogen and oxygen atoms in total. The van der Waals surface area contributed by atoms with Gasteiger partial charge in [-0.1, -0.05) is 0 Å². The maximum atomic E-state index is 11.0. The summed E-state index contributed by atoms with van der Waals surface area (Å²) in [5.41, 5.74) is 0.541. The smallest absolute Gasteiger partial charge is 0.373 e. The summed E-state index contributed by atoms with van der Waals surface area (Å²) in [4.78, 5) is 15.2. The second kappa shape index (κ2) is 3.23. The van der Waals surface area contributed by atoms with E-state index in [0.29, 0.717) is 11.5 Å². The number of hydrogen-bond donors (Lipinski definition) is 1. The van der Waals surface area contributed by atoms with Crippen LogP contribution in [-0.2, 0) is 0 Å². The van der Waals surface area contributed by atoms with E-state index < -0.39 is 5.97 Å². The minimum Gasteiger partial charge on any atom is -0.475 e. The highest BCUT2D eigenvalue weighted by atomic mass is 16.4. The highest BCUT2D eigenvalue weighted by molar-refractivity contribution is 5.86. The molecule has 3 rings (SSSR count). The predicted molar refractivity (Wildman–Crippen MR) is 53.1 cm³/mol. The van der Waals surface area contributed by atoms with Gasteiger partial charge in [0, 0.05) is 5.92 Å². The quantitative estimate of drug-likeness (QED) is 0.858. The molecule has 0 amide bonds. The molecule has 0 spiro atoms. The Hall–Kier alpha value is -2.04. The number of aromatic carboxylic acids is 1. The number of carbonyl (C=O) groups is 1. The van der Waals surface area contributed by atoms with E-state index in [0.717, 1.165) is 12.8 Å². The van der Waals surface area contributed by atoms with E-state index in [2.05, 4.69) is 4.98 Å². The third-order valence-electron chi connectivity index (χ3n) is 2.54. The van der Waals surface area contributed by atoms with Crippen molar-refractivity contribution < 1.29 is 18.7 Å². The van der Waals surface area contributed by atoms with E-state index in [1.165, 1.54) is 6.26 Å². The molecule has 1 saturated carbocycles. The third kappa shape index (κ3) is 1.41. The van der Waals surface area contributed by atoms with Crippen molar-refractivity contribution in [3.8, 4) is 11.7 Å². The molecule has 5 heteroatoms. The SMILES string of the molecule is O=C(O)c1oc(-c2ccco2)nc1C1CC1. The molecule has 2 aromatic rings. The first kappa shape index (κ1) is 9.21. The van der Waals surface area contributed by atoms with Crippen LogP contribution in [0.4, 0.5) is 0 Å². The van der Waals surface area contributed by atoms with E-state index in [-0.39, 0.29) is 17.6 Å². The average Bonchev–Trinajstić information content (AvgIpc) is 2.83. The fourth-order valence-corrected chi connectivity index (χ4v) is 1.62. The standard InChI is InChI=1S/C11H9NO4/c13-11(14)9-8(6-3-4-6)12-10(16-9)7-2-1-5-15-7/h1-2,5-6H,3-4H2,(H,13,14). The average molecular weight is 219 g/mol. The van der Waals surface area contributed by atoms with E-state index in [1.807, 2.05) is 0 Å². The highest BCUT2D eigenvalue weighted by Gasteiger charge is 2.34. The van der Waals surface area contributed by atoms with Crippen LogP contribution in [0.3, 0.4) is 0 Å². The van der Waals surface area contributed by atoms with E-state index in [9.17, 15) is 4.79 Å². The molecule has 1 N–H and O–H groups in total. The minimum atomic E-state index is -1.08. The zero-order valence-electron chi connectivity index (χ0n) is 8.34. The number of carboxylic acid groups (broad SMARTS) is 1. The first-order valence-corrected chi connectivity index (χ1v) is 5.03. The van der Waals surface area contributed by atoms with Crippen molar-refractivity contribution in [2.24, 2.45) is 0 Å². The zero-order valence-corrected chi connectivity index (χ0v) is 8.34. The molecular weight excluding hydrogens is 210 g/mol. The van der Waals surface area contributed by atoms with Crippen molar-refractivity contribution in [3.05, 3.63) is 29.9 Å². The predicted octanol–water partition coefficient (Wildman–Crippen LogP) is 2.51. The number of rotatable bonds is 3. The molecule has 1 aliphatic rings. The van der Waals surface area contributed by atoms with Crippen LogP contribution in [0.15, 0.2) is 27.2 Å². The molecule has 0 radical (unpaired) electrons. The van der Waals surface area contributed by atoms with Crippen LogP contribution in [-0.4, -0.2) is 16.1 Å². The fraction of sp³-hybridized carbons (Fsp3) is 0.273. The summed E-state index contributed by atoms with van der Waals surface area (Å²) in [5, 5.41) is 8.99. The summed E-state index contributed by atoms with van der Waals surface area (Å²) < 4.78 is 10.3. The first-order chi connectivity index (χ1) is 7.75. The van der Waals surface area contributed by atoms with E-state index in [4.69, 9.17) is 13.9 Å². The molecule has 0 atom stereocenters. The van der Waals surface area contributed by atoms with Gasteiger partial charge < -0.3 is 13.9 Å². The summed E-state index contributed by atoms with van der Waals surface area (Å²) in [6.07, 6.45) is 3.45. The largest absolute Gasteiger partial charge is 0.475 e. The molecule has 1 aliphatic carbocycles. The Morgan fingerprint density at radius 1 is 1.50 bits per heavy atom. The molecule has 0 aromatic carbocycles. The van der Waals surface area contributed by atoms with Crippen LogP contribution in [0.1, 0.15) is 35.0 Å². The summed E-state index contributed by atoms with van der Waals surface area (Å²) in [5.74, 6) is -0.210. The lowest BCUT2D eigenvalue weighted by molar-refractivity contribution is 0.0661. The molecule has 0 saturated heterocycles. The fourth-order valence-electron chi connectivity index (χ4n) is 1.62. The van der Waals surface area contributed by atoms with Gasteiger partial charge in [-0.25, -0.2) is 9.78 Å². The van der Waals surface area contributed by atoms with Crippen LogP contribution >= 0.6 is 0 Å². The van der Waals surface area contributed by atoms with Crippen molar-refractivity contribution in [2.75, 3.05) is 0 Å². The van der Waals surface area contributed by atoms with Crippen molar-refractivity contribution in [2.45, 2.75) is 18.8 Å². The number of furan rings is 1. The topological polar surface area (TPSA) is 76.5 Å². The molecule has 2 aromatic heterocycles. The lowest BCUT2D eigenvalue weighted by Crippen LogP contribution is -1.98. The first-order valence-electron chi connectivity index (χ1n) is 5.03. The Morgan fingerprint density at radius 3 is 2.88 bits per heavy atom. The second-order valence-corrected chi connectivity index (χ2v) is 3.79. The van der Waals surface area contributed by atoms with E-state index >= 15 is 0 Å². The van der Waals surface area contributed by atoms with Gasteiger partial charge in [-0.2, -0.15) is 0 Å². The Bertz CT molecular complexity index is 522. The minimum absolute atomic E-state index is 0.0612. The highest BCUT2D eigenvalue weighted by Crippen LogP contribution is 2.42. The Morgan fingerprint density at radius 2 is 2.31 bits per heavy atom. The maximum absolute atomic E-state index is 11.0. The Labute approximate surface area is 90.7 Å². The molecule has 16 heavy (non-hydrogen) atoms. The molecular formula is C11H9NO4. The Balaban J connectivity index is 2.08. The van der Waals surface area contributed by atoms with Gasteiger partial charge in [0.2, 0.25) is 5.76 Å². The summed E-state index contributed by atoms with van der Waals surface area (Å²) >= 11 is 0. The van der Waals surface area contributed by atoms with E-state index in [1.54, 1.807) is 12.1 Å².